The number of urea groups is 1. The predicted molar refractivity (Wildman–Crippen MR) is 113 cm³/mol. The second kappa shape index (κ2) is 7.85. The number of rotatable bonds is 5. The van der Waals surface area contributed by atoms with Crippen LogP contribution in [0.1, 0.15) is 26.2 Å². The molecule has 2 saturated heterocycles. The quantitative estimate of drug-likeness (QED) is 0.744. The lowest BCUT2D eigenvalue weighted by atomic mass is 9.88. The molecule has 0 saturated carbocycles. The van der Waals surface area contributed by atoms with Crippen molar-refractivity contribution in [1.82, 2.24) is 14.5 Å². The van der Waals surface area contributed by atoms with Crippen molar-refractivity contribution in [1.29, 1.82) is 0 Å². The Kier molecular flexibility index (Phi) is 5.38. The van der Waals surface area contributed by atoms with Crippen molar-refractivity contribution in [2.75, 3.05) is 19.6 Å². The van der Waals surface area contributed by atoms with E-state index in [1.165, 1.54) is 9.21 Å². The van der Waals surface area contributed by atoms with Crippen molar-refractivity contribution in [3.8, 4) is 11.1 Å². The van der Waals surface area contributed by atoms with Gasteiger partial charge in [0.25, 0.3) is 5.91 Å². The van der Waals surface area contributed by atoms with E-state index in [2.05, 4.69) is 5.32 Å². The maximum atomic E-state index is 13.1. The molecule has 158 valence electrons. The molecule has 30 heavy (non-hydrogen) atoms. The van der Waals surface area contributed by atoms with E-state index in [-0.39, 0.29) is 42.8 Å². The molecule has 3 amide bonds. The number of imide groups is 1. The van der Waals surface area contributed by atoms with Gasteiger partial charge in [0.1, 0.15) is 5.54 Å². The lowest BCUT2D eigenvalue weighted by Gasteiger charge is -2.36. The molecule has 2 heterocycles. The summed E-state index contributed by atoms with van der Waals surface area (Å²) in [5.74, 6) is -0.237. The Morgan fingerprint density at radius 1 is 0.933 bits per heavy atom. The van der Waals surface area contributed by atoms with Gasteiger partial charge < -0.3 is 5.32 Å². The largest absolute Gasteiger partial charge is 0.325 e. The molecule has 2 aromatic rings. The number of hydrogen-bond donors (Lipinski definition) is 1. The van der Waals surface area contributed by atoms with E-state index >= 15 is 0 Å². The minimum Gasteiger partial charge on any atom is -0.323 e. The highest BCUT2D eigenvalue weighted by Crippen LogP contribution is 2.32. The van der Waals surface area contributed by atoms with Gasteiger partial charge in [0.2, 0.25) is 10.0 Å². The van der Waals surface area contributed by atoms with Crippen molar-refractivity contribution in [3.63, 3.8) is 0 Å². The molecule has 4 rings (SSSR count). The molecule has 0 bridgehead atoms. The van der Waals surface area contributed by atoms with Gasteiger partial charge >= 0.3 is 6.03 Å². The molecule has 1 spiro atoms. The Hall–Kier alpha value is -2.71. The van der Waals surface area contributed by atoms with Gasteiger partial charge in [-0.2, -0.15) is 4.31 Å². The van der Waals surface area contributed by atoms with Gasteiger partial charge in [-0.1, -0.05) is 49.4 Å². The number of sulfonamides is 1. The number of hydrogen-bond acceptors (Lipinski definition) is 4. The molecule has 0 aromatic heterocycles. The third kappa shape index (κ3) is 3.50. The number of nitrogens with zero attached hydrogens (tertiary/aromatic N) is 2. The normalized spacial score (nSPS) is 19.3. The molecular weight excluding hydrogens is 402 g/mol. The molecule has 7 nitrogen and oxygen atoms in total. The maximum Gasteiger partial charge on any atom is 0.325 e. The first-order chi connectivity index (χ1) is 14.4. The average Bonchev–Trinajstić information content (AvgIpc) is 2.99. The van der Waals surface area contributed by atoms with Crippen LogP contribution < -0.4 is 5.32 Å². The van der Waals surface area contributed by atoms with Gasteiger partial charge in [-0.3, -0.25) is 9.69 Å². The van der Waals surface area contributed by atoms with Crippen molar-refractivity contribution in [3.05, 3.63) is 54.6 Å². The molecule has 8 heteroatoms. The van der Waals surface area contributed by atoms with Crippen LogP contribution in [0.2, 0.25) is 0 Å². The lowest BCUT2D eigenvalue weighted by molar-refractivity contribution is -0.132. The topological polar surface area (TPSA) is 86.8 Å². The summed E-state index contributed by atoms with van der Waals surface area (Å²) < 4.78 is 27.6. The van der Waals surface area contributed by atoms with E-state index in [1.54, 1.807) is 24.3 Å². The first-order valence-corrected chi connectivity index (χ1v) is 11.6. The summed E-state index contributed by atoms with van der Waals surface area (Å²) in [6.45, 7) is 2.66. The monoisotopic (exact) mass is 427 g/mol. The minimum atomic E-state index is -3.67. The zero-order valence-electron chi connectivity index (χ0n) is 16.9. The van der Waals surface area contributed by atoms with E-state index in [1.807, 2.05) is 37.3 Å². The number of carbonyl (C=O) groups excluding carboxylic acids is 2. The van der Waals surface area contributed by atoms with Crippen molar-refractivity contribution >= 4 is 22.0 Å². The number of carbonyl (C=O) groups is 2. The van der Waals surface area contributed by atoms with Gasteiger partial charge in [-0.25, -0.2) is 13.2 Å². The predicted octanol–water partition coefficient (Wildman–Crippen LogP) is 2.84. The van der Waals surface area contributed by atoms with Gasteiger partial charge in [0.05, 0.1) is 4.90 Å². The minimum absolute atomic E-state index is 0.189. The summed E-state index contributed by atoms with van der Waals surface area (Å²) in [4.78, 5) is 26.4. The van der Waals surface area contributed by atoms with Gasteiger partial charge in [-0.05, 0) is 42.5 Å². The number of amides is 3. The molecule has 1 N–H and O–H groups in total. The SMILES string of the molecule is CCCN1C(=O)NC2(CCN(S(=O)(=O)c3ccc(-c4ccccc4)cc3)CC2)C1=O. The molecule has 2 aliphatic heterocycles. The third-order valence-electron chi connectivity index (χ3n) is 5.87. The van der Waals surface area contributed by atoms with E-state index in [0.717, 1.165) is 11.1 Å². The van der Waals surface area contributed by atoms with E-state index in [4.69, 9.17) is 0 Å². The Morgan fingerprint density at radius 3 is 2.13 bits per heavy atom. The van der Waals surface area contributed by atoms with Crippen molar-refractivity contribution < 1.29 is 18.0 Å². The van der Waals surface area contributed by atoms with Crippen LogP contribution in [0.25, 0.3) is 11.1 Å². The molecule has 2 fully saturated rings. The van der Waals surface area contributed by atoms with Gasteiger partial charge in [-0.15, -0.1) is 0 Å². The van der Waals surface area contributed by atoms with E-state index in [0.29, 0.717) is 13.0 Å². The second-order valence-corrected chi connectivity index (χ2v) is 9.70. The van der Waals surface area contributed by atoms with Crippen LogP contribution in [0.3, 0.4) is 0 Å². The van der Waals surface area contributed by atoms with Crippen molar-refractivity contribution in [2.24, 2.45) is 0 Å². The molecule has 2 aromatic carbocycles. The fourth-order valence-corrected chi connectivity index (χ4v) is 5.59. The molecule has 0 atom stereocenters. The summed E-state index contributed by atoms with van der Waals surface area (Å²) >= 11 is 0. The fourth-order valence-electron chi connectivity index (χ4n) is 4.15. The van der Waals surface area contributed by atoms with Crippen LogP contribution >= 0.6 is 0 Å². The number of benzene rings is 2. The van der Waals surface area contributed by atoms with E-state index < -0.39 is 15.6 Å². The number of piperidine rings is 1. The Bertz CT molecular complexity index is 1040. The van der Waals surface area contributed by atoms with Crippen LogP contribution in [0.4, 0.5) is 4.79 Å². The highest BCUT2D eigenvalue weighted by molar-refractivity contribution is 7.89. The summed E-state index contributed by atoms with van der Waals surface area (Å²) in [6.07, 6.45) is 1.24. The van der Waals surface area contributed by atoms with E-state index in [9.17, 15) is 18.0 Å². The fraction of sp³-hybridized carbons (Fsp3) is 0.364. The van der Waals surface area contributed by atoms with Crippen LogP contribution in [0.15, 0.2) is 59.5 Å². The first kappa shape index (κ1) is 20.6. The van der Waals surface area contributed by atoms with Crippen LogP contribution in [0, 0.1) is 0 Å². The van der Waals surface area contributed by atoms with Gasteiger partial charge in [0.15, 0.2) is 0 Å². The molecule has 0 aliphatic carbocycles. The Balaban J connectivity index is 1.48. The smallest absolute Gasteiger partial charge is 0.323 e. The van der Waals surface area contributed by atoms with Crippen molar-refractivity contribution in [2.45, 2.75) is 36.6 Å². The standard InChI is InChI=1S/C22H25N3O4S/c1-2-14-25-20(26)22(23-21(25)27)12-15-24(16-13-22)30(28,29)19-10-8-18(9-11-19)17-6-4-3-5-7-17/h3-11H,2,12-16H2,1H3,(H,23,27). The molecule has 0 radical (unpaired) electrons. The summed E-state index contributed by atoms with van der Waals surface area (Å²) in [5, 5.41) is 2.81. The lowest BCUT2D eigenvalue weighted by Crippen LogP contribution is -2.55. The summed E-state index contributed by atoms with van der Waals surface area (Å²) in [5.41, 5.74) is 0.992. The third-order valence-corrected chi connectivity index (χ3v) is 7.78. The van der Waals surface area contributed by atoms with Crippen LogP contribution in [-0.4, -0.2) is 54.7 Å². The van der Waals surface area contributed by atoms with Gasteiger partial charge in [0, 0.05) is 19.6 Å². The average molecular weight is 428 g/mol. The highest BCUT2D eigenvalue weighted by Gasteiger charge is 2.53. The van der Waals surface area contributed by atoms with Crippen LogP contribution in [0.5, 0.6) is 0 Å². The first-order valence-electron chi connectivity index (χ1n) is 10.2. The molecule has 2 aliphatic rings. The summed E-state index contributed by atoms with van der Waals surface area (Å²) in [6, 6.07) is 16.2. The molecule has 0 unspecified atom stereocenters. The van der Waals surface area contributed by atoms with Crippen LogP contribution in [-0.2, 0) is 14.8 Å². The Labute approximate surface area is 176 Å². The second-order valence-electron chi connectivity index (χ2n) is 7.76. The zero-order chi connectivity index (χ0) is 21.4. The number of nitrogens with one attached hydrogen (secondary N) is 1. The highest BCUT2D eigenvalue weighted by atomic mass is 32.2. The maximum absolute atomic E-state index is 13.1. The Morgan fingerprint density at radius 2 is 1.53 bits per heavy atom. The molecular formula is C22H25N3O4S. The summed E-state index contributed by atoms with van der Waals surface area (Å²) in [7, 11) is -3.67. The zero-order valence-corrected chi connectivity index (χ0v) is 17.7.